The van der Waals surface area contributed by atoms with Gasteiger partial charge in [-0.25, -0.2) is 0 Å². The number of nitrogens with two attached hydrogens (primary N) is 1. The molecule has 0 saturated heterocycles. The summed E-state index contributed by atoms with van der Waals surface area (Å²) >= 11 is 0. The second-order valence-electron chi connectivity index (χ2n) is 5.46. The van der Waals surface area contributed by atoms with E-state index in [1.165, 1.54) is 24.0 Å². The highest BCUT2D eigenvalue weighted by molar-refractivity contribution is 5.31. The number of fused-ring (bicyclic) bond motifs is 1. The minimum absolute atomic E-state index is 0.221. The van der Waals surface area contributed by atoms with Crippen LogP contribution in [0.25, 0.3) is 0 Å². The van der Waals surface area contributed by atoms with Gasteiger partial charge >= 0.3 is 0 Å². The summed E-state index contributed by atoms with van der Waals surface area (Å²) in [5.41, 5.74) is 9.22. The van der Waals surface area contributed by atoms with Crippen LogP contribution in [0.2, 0.25) is 0 Å². The van der Waals surface area contributed by atoms with Gasteiger partial charge in [-0.15, -0.1) is 0 Å². The number of hydrogen-bond acceptors (Lipinski definition) is 2. The quantitative estimate of drug-likeness (QED) is 0.838. The third-order valence-electron chi connectivity index (χ3n) is 4.43. The highest BCUT2D eigenvalue weighted by atomic mass is 15.2. The lowest BCUT2D eigenvalue weighted by atomic mass is 9.94. The average Bonchev–Trinajstić information content (AvgIpc) is 3.07. The van der Waals surface area contributed by atoms with Crippen LogP contribution < -0.4 is 5.73 Å². The maximum atomic E-state index is 6.02. The van der Waals surface area contributed by atoms with E-state index in [0.717, 1.165) is 25.6 Å². The molecule has 1 fully saturated rings. The van der Waals surface area contributed by atoms with Crippen molar-refractivity contribution < 1.29 is 0 Å². The zero-order chi connectivity index (χ0) is 11.2. The maximum absolute atomic E-state index is 6.02. The van der Waals surface area contributed by atoms with Crippen LogP contribution in [0.4, 0.5) is 0 Å². The van der Waals surface area contributed by atoms with Crippen molar-refractivity contribution in [3.05, 3.63) is 35.4 Å². The van der Waals surface area contributed by atoms with Crippen LogP contribution in [0.3, 0.4) is 0 Å². The van der Waals surface area contributed by atoms with E-state index < -0.39 is 0 Å². The first-order valence-electron chi connectivity index (χ1n) is 6.26. The van der Waals surface area contributed by atoms with E-state index in [2.05, 4.69) is 36.1 Å². The summed E-state index contributed by atoms with van der Waals surface area (Å²) in [5, 5.41) is 0. The lowest BCUT2D eigenvalue weighted by Gasteiger charge is -2.38. The van der Waals surface area contributed by atoms with Gasteiger partial charge < -0.3 is 5.73 Å². The Morgan fingerprint density at radius 3 is 2.25 bits per heavy atom. The summed E-state index contributed by atoms with van der Waals surface area (Å²) in [7, 11) is 0. The molecule has 1 atom stereocenters. The molecule has 2 aliphatic rings. The molecule has 0 amide bonds. The van der Waals surface area contributed by atoms with Gasteiger partial charge in [0.05, 0.1) is 0 Å². The van der Waals surface area contributed by atoms with Crippen molar-refractivity contribution in [1.29, 1.82) is 0 Å². The standard InChI is InChI=1S/C14H20N2/c1-14(10-15,13-6-7-13)16-8-11-4-2-3-5-12(11)9-16/h2-5,13H,6-10,15H2,1H3. The molecule has 1 saturated carbocycles. The minimum Gasteiger partial charge on any atom is -0.329 e. The Morgan fingerprint density at radius 2 is 1.81 bits per heavy atom. The first-order valence-corrected chi connectivity index (χ1v) is 6.26. The normalized spacial score (nSPS) is 24.1. The van der Waals surface area contributed by atoms with Crippen molar-refractivity contribution in [1.82, 2.24) is 4.90 Å². The smallest absolute Gasteiger partial charge is 0.0338 e. The molecule has 3 rings (SSSR count). The molecule has 1 aromatic rings. The Hall–Kier alpha value is -0.860. The molecular formula is C14H20N2. The predicted octanol–water partition coefficient (Wildman–Crippen LogP) is 2.13. The van der Waals surface area contributed by atoms with E-state index in [-0.39, 0.29) is 5.54 Å². The fourth-order valence-corrected chi connectivity index (χ4v) is 2.95. The van der Waals surface area contributed by atoms with Gasteiger partial charge in [-0.05, 0) is 36.8 Å². The van der Waals surface area contributed by atoms with Gasteiger partial charge in [0.2, 0.25) is 0 Å². The third kappa shape index (κ3) is 1.48. The Morgan fingerprint density at radius 1 is 1.25 bits per heavy atom. The van der Waals surface area contributed by atoms with Crippen molar-refractivity contribution in [2.45, 2.75) is 38.4 Å². The van der Waals surface area contributed by atoms with Gasteiger partial charge in [0, 0.05) is 25.2 Å². The first-order chi connectivity index (χ1) is 7.74. The van der Waals surface area contributed by atoms with Crippen LogP contribution >= 0.6 is 0 Å². The topological polar surface area (TPSA) is 29.3 Å². The van der Waals surface area contributed by atoms with Gasteiger partial charge in [-0.3, -0.25) is 4.90 Å². The van der Waals surface area contributed by atoms with Crippen LogP contribution in [-0.4, -0.2) is 17.0 Å². The average molecular weight is 216 g/mol. The molecular weight excluding hydrogens is 196 g/mol. The first kappa shape index (κ1) is 10.3. The molecule has 0 radical (unpaired) electrons. The van der Waals surface area contributed by atoms with Crippen molar-refractivity contribution >= 4 is 0 Å². The SMILES string of the molecule is CC(CN)(C1CC1)N1Cc2ccccc2C1. The van der Waals surface area contributed by atoms with E-state index in [4.69, 9.17) is 5.73 Å². The Balaban J connectivity index is 1.84. The van der Waals surface area contributed by atoms with Crippen molar-refractivity contribution in [3.63, 3.8) is 0 Å². The maximum Gasteiger partial charge on any atom is 0.0338 e. The van der Waals surface area contributed by atoms with Gasteiger partial charge in [-0.2, -0.15) is 0 Å². The number of rotatable bonds is 3. The fourth-order valence-electron chi connectivity index (χ4n) is 2.95. The molecule has 16 heavy (non-hydrogen) atoms. The van der Waals surface area contributed by atoms with Crippen molar-refractivity contribution in [2.75, 3.05) is 6.54 Å². The lowest BCUT2D eigenvalue weighted by molar-refractivity contribution is 0.0866. The Kier molecular flexibility index (Phi) is 2.30. The highest BCUT2D eigenvalue weighted by Crippen LogP contribution is 2.45. The molecule has 1 aliphatic carbocycles. The van der Waals surface area contributed by atoms with E-state index in [9.17, 15) is 0 Å². The van der Waals surface area contributed by atoms with Crippen molar-refractivity contribution in [3.8, 4) is 0 Å². The second-order valence-corrected chi connectivity index (χ2v) is 5.46. The predicted molar refractivity (Wildman–Crippen MR) is 65.9 cm³/mol. The van der Waals surface area contributed by atoms with Crippen LogP contribution in [-0.2, 0) is 13.1 Å². The zero-order valence-electron chi connectivity index (χ0n) is 9.95. The van der Waals surface area contributed by atoms with Gasteiger partial charge in [0.25, 0.3) is 0 Å². The molecule has 1 aromatic carbocycles. The van der Waals surface area contributed by atoms with Crippen LogP contribution in [0, 0.1) is 5.92 Å². The summed E-state index contributed by atoms with van der Waals surface area (Å²) in [5.74, 6) is 0.826. The molecule has 0 bridgehead atoms. The molecule has 1 heterocycles. The Labute approximate surface area is 97.4 Å². The summed E-state index contributed by atoms with van der Waals surface area (Å²) in [6.45, 7) is 5.29. The molecule has 0 aromatic heterocycles. The lowest BCUT2D eigenvalue weighted by Crippen LogP contribution is -2.50. The van der Waals surface area contributed by atoms with Gasteiger partial charge in [-0.1, -0.05) is 24.3 Å². The monoisotopic (exact) mass is 216 g/mol. The van der Waals surface area contributed by atoms with E-state index in [0.29, 0.717) is 0 Å². The number of hydrogen-bond donors (Lipinski definition) is 1. The summed E-state index contributed by atoms with van der Waals surface area (Å²) < 4.78 is 0. The zero-order valence-corrected chi connectivity index (χ0v) is 9.95. The molecule has 2 nitrogen and oxygen atoms in total. The van der Waals surface area contributed by atoms with E-state index in [1.54, 1.807) is 0 Å². The number of nitrogens with zero attached hydrogens (tertiary/aromatic N) is 1. The number of benzene rings is 1. The largest absolute Gasteiger partial charge is 0.329 e. The molecule has 2 heteroatoms. The van der Waals surface area contributed by atoms with Crippen molar-refractivity contribution in [2.24, 2.45) is 11.7 Å². The second kappa shape index (κ2) is 3.57. The fraction of sp³-hybridized carbons (Fsp3) is 0.571. The minimum atomic E-state index is 0.221. The van der Waals surface area contributed by atoms with E-state index >= 15 is 0 Å². The summed E-state index contributed by atoms with van der Waals surface area (Å²) in [6.07, 6.45) is 2.72. The van der Waals surface area contributed by atoms with Gasteiger partial charge in [0.1, 0.15) is 0 Å². The van der Waals surface area contributed by atoms with Gasteiger partial charge in [0.15, 0.2) is 0 Å². The Bertz CT molecular complexity index is 372. The van der Waals surface area contributed by atoms with Crippen LogP contribution in [0.5, 0.6) is 0 Å². The highest BCUT2D eigenvalue weighted by Gasteiger charge is 2.45. The third-order valence-corrected chi connectivity index (χ3v) is 4.43. The molecule has 1 unspecified atom stereocenters. The molecule has 2 N–H and O–H groups in total. The van der Waals surface area contributed by atoms with E-state index in [1.807, 2.05) is 0 Å². The summed E-state index contributed by atoms with van der Waals surface area (Å²) in [4.78, 5) is 2.58. The molecule has 86 valence electrons. The van der Waals surface area contributed by atoms with Crippen LogP contribution in [0.15, 0.2) is 24.3 Å². The van der Waals surface area contributed by atoms with Crippen LogP contribution in [0.1, 0.15) is 30.9 Å². The molecule has 1 aliphatic heterocycles. The molecule has 0 spiro atoms. The summed E-state index contributed by atoms with van der Waals surface area (Å²) in [6, 6.07) is 8.77.